The van der Waals surface area contributed by atoms with Gasteiger partial charge in [0.15, 0.2) is 11.5 Å². The molecule has 2 aromatic carbocycles. The first-order valence-corrected chi connectivity index (χ1v) is 8.82. The van der Waals surface area contributed by atoms with E-state index in [9.17, 15) is 0 Å². The second-order valence-electron chi connectivity index (χ2n) is 5.59. The van der Waals surface area contributed by atoms with Crippen LogP contribution in [-0.2, 0) is 6.54 Å². The third-order valence-corrected chi connectivity index (χ3v) is 3.90. The third kappa shape index (κ3) is 5.06. The summed E-state index contributed by atoms with van der Waals surface area (Å²) < 4.78 is 17.7. The SMILES string of the molecule is CCOc1cc(CNc2ccc(OC)cc2)cc(Br)c1OC(C)C. The molecule has 0 aromatic heterocycles. The number of hydrogen-bond donors (Lipinski definition) is 1. The maximum Gasteiger partial charge on any atom is 0.175 e. The summed E-state index contributed by atoms with van der Waals surface area (Å²) in [6, 6.07) is 11.9. The average Bonchev–Trinajstić information content (AvgIpc) is 2.56. The number of ether oxygens (including phenoxy) is 3. The van der Waals surface area contributed by atoms with Gasteiger partial charge in [0.05, 0.1) is 24.3 Å². The number of anilines is 1. The zero-order chi connectivity index (χ0) is 17.5. The van der Waals surface area contributed by atoms with Crippen LogP contribution in [0.3, 0.4) is 0 Å². The van der Waals surface area contributed by atoms with Crippen molar-refractivity contribution in [2.75, 3.05) is 19.0 Å². The largest absolute Gasteiger partial charge is 0.497 e. The summed E-state index contributed by atoms with van der Waals surface area (Å²) in [4.78, 5) is 0. The van der Waals surface area contributed by atoms with Crippen LogP contribution in [0.25, 0.3) is 0 Å². The topological polar surface area (TPSA) is 39.7 Å². The van der Waals surface area contributed by atoms with Gasteiger partial charge >= 0.3 is 0 Å². The molecular weight excluding hydrogens is 370 g/mol. The molecule has 2 rings (SSSR count). The van der Waals surface area contributed by atoms with Crippen molar-refractivity contribution < 1.29 is 14.2 Å². The molecule has 0 radical (unpaired) electrons. The molecule has 0 aliphatic heterocycles. The van der Waals surface area contributed by atoms with Crippen molar-refractivity contribution in [3.8, 4) is 17.2 Å². The first-order chi connectivity index (χ1) is 11.5. The van der Waals surface area contributed by atoms with Gasteiger partial charge in [-0.2, -0.15) is 0 Å². The van der Waals surface area contributed by atoms with Crippen LogP contribution in [0.5, 0.6) is 17.2 Å². The number of benzene rings is 2. The highest BCUT2D eigenvalue weighted by atomic mass is 79.9. The predicted molar refractivity (Wildman–Crippen MR) is 101 cm³/mol. The summed E-state index contributed by atoms with van der Waals surface area (Å²) >= 11 is 3.59. The smallest absolute Gasteiger partial charge is 0.175 e. The fraction of sp³-hybridized carbons (Fsp3) is 0.368. The number of rotatable bonds is 8. The molecule has 0 heterocycles. The molecule has 0 amide bonds. The first kappa shape index (κ1) is 18.5. The van der Waals surface area contributed by atoms with Crippen LogP contribution in [0.4, 0.5) is 5.69 Å². The Morgan fingerprint density at radius 2 is 1.83 bits per heavy atom. The quantitative estimate of drug-likeness (QED) is 0.664. The van der Waals surface area contributed by atoms with Crippen LogP contribution >= 0.6 is 15.9 Å². The van der Waals surface area contributed by atoms with Gasteiger partial charge in [0.1, 0.15) is 5.75 Å². The van der Waals surface area contributed by atoms with Gasteiger partial charge in [0.25, 0.3) is 0 Å². The maximum atomic E-state index is 5.87. The van der Waals surface area contributed by atoms with Gasteiger partial charge in [-0.25, -0.2) is 0 Å². The Kier molecular flexibility index (Phi) is 6.79. The number of nitrogens with one attached hydrogen (secondary N) is 1. The molecule has 0 saturated carbocycles. The minimum atomic E-state index is 0.0868. The third-order valence-electron chi connectivity index (χ3n) is 3.31. The van der Waals surface area contributed by atoms with Crippen LogP contribution < -0.4 is 19.5 Å². The second-order valence-corrected chi connectivity index (χ2v) is 6.44. The van der Waals surface area contributed by atoms with Crippen molar-refractivity contribution in [2.45, 2.75) is 33.4 Å². The van der Waals surface area contributed by atoms with Gasteiger partial charge in [0.2, 0.25) is 0 Å². The lowest BCUT2D eigenvalue weighted by Gasteiger charge is -2.18. The Labute approximate surface area is 152 Å². The zero-order valence-electron chi connectivity index (χ0n) is 14.6. The van der Waals surface area contributed by atoms with E-state index in [4.69, 9.17) is 14.2 Å². The Balaban J connectivity index is 2.14. The van der Waals surface area contributed by atoms with E-state index >= 15 is 0 Å². The Morgan fingerprint density at radius 1 is 1.12 bits per heavy atom. The van der Waals surface area contributed by atoms with Gasteiger partial charge in [0, 0.05) is 12.2 Å². The van der Waals surface area contributed by atoms with Crippen molar-refractivity contribution in [3.05, 3.63) is 46.4 Å². The van der Waals surface area contributed by atoms with E-state index in [0.717, 1.165) is 33.0 Å². The molecule has 0 atom stereocenters. The first-order valence-electron chi connectivity index (χ1n) is 8.03. The van der Waals surface area contributed by atoms with Crippen molar-refractivity contribution in [1.82, 2.24) is 0 Å². The molecule has 24 heavy (non-hydrogen) atoms. The number of methoxy groups -OCH3 is 1. The van der Waals surface area contributed by atoms with Gasteiger partial charge < -0.3 is 19.5 Å². The summed E-state index contributed by atoms with van der Waals surface area (Å²) in [6.45, 7) is 7.25. The highest BCUT2D eigenvalue weighted by Gasteiger charge is 2.13. The standard InChI is InChI=1S/C19H24BrNO3/c1-5-23-18-11-14(10-17(20)19(18)24-13(2)3)12-21-15-6-8-16(22-4)9-7-15/h6-11,13,21H,5,12H2,1-4H3. The van der Waals surface area contributed by atoms with Gasteiger partial charge in [-0.15, -0.1) is 0 Å². The van der Waals surface area contributed by atoms with Crippen LogP contribution in [-0.4, -0.2) is 19.8 Å². The fourth-order valence-corrected chi connectivity index (χ4v) is 2.83. The molecule has 0 aliphatic carbocycles. The molecule has 130 valence electrons. The Bertz CT molecular complexity index is 656. The summed E-state index contributed by atoms with van der Waals surface area (Å²) in [5, 5.41) is 3.40. The highest BCUT2D eigenvalue weighted by Crippen LogP contribution is 2.37. The molecule has 0 spiro atoms. The number of hydrogen-bond acceptors (Lipinski definition) is 4. The second kappa shape index (κ2) is 8.83. The zero-order valence-corrected chi connectivity index (χ0v) is 16.1. The van der Waals surface area contributed by atoms with E-state index in [-0.39, 0.29) is 6.10 Å². The number of halogens is 1. The summed E-state index contributed by atoms with van der Waals surface area (Å²) in [5.74, 6) is 2.35. The molecule has 1 N–H and O–H groups in total. The van der Waals surface area contributed by atoms with Crippen LogP contribution in [0.1, 0.15) is 26.3 Å². The summed E-state index contributed by atoms with van der Waals surface area (Å²) in [7, 11) is 1.66. The van der Waals surface area contributed by atoms with E-state index in [2.05, 4.69) is 27.3 Å². The molecule has 0 fully saturated rings. The van der Waals surface area contributed by atoms with Crippen molar-refractivity contribution in [1.29, 1.82) is 0 Å². The molecule has 0 bridgehead atoms. The van der Waals surface area contributed by atoms with Gasteiger partial charge in [-0.1, -0.05) is 0 Å². The summed E-state index contributed by atoms with van der Waals surface area (Å²) in [6.07, 6.45) is 0.0868. The van der Waals surface area contributed by atoms with E-state index in [0.29, 0.717) is 13.2 Å². The molecule has 2 aromatic rings. The molecule has 5 heteroatoms. The van der Waals surface area contributed by atoms with Crippen molar-refractivity contribution in [2.24, 2.45) is 0 Å². The van der Waals surface area contributed by atoms with Gasteiger partial charge in [-0.05, 0) is 78.7 Å². The lowest BCUT2D eigenvalue weighted by molar-refractivity contribution is 0.222. The Morgan fingerprint density at radius 3 is 2.42 bits per heavy atom. The molecule has 0 unspecified atom stereocenters. The normalized spacial score (nSPS) is 10.6. The van der Waals surface area contributed by atoms with E-state index in [1.807, 2.05) is 51.1 Å². The van der Waals surface area contributed by atoms with E-state index < -0.39 is 0 Å². The predicted octanol–water partition coefficient (Wildman–Crippen LogP) is 5.26. The van der Waals surface area contributed by atoms with Crippen LogP contribution in [0.2, 0.25) is 0 Å². The van der Waals surface area contributed by atoms with E-state index in [1.54, 1.807) is 7.11 Å². The lowest BCUT2D eigenvalue weighted by atomic mass is 10.2. The minimum Gasteiger partial charge on any atom is -0.497 e. The molecule has 0 aliphatic rings. The van der Waals surface area contributed by atoms with Gasteiger partial charge in [-0.3, -0.25) is 0 Å². The highest BCUT2D eigenvalue weighted by molar-refractivity contribution is 9.10. The Hall–Kier alpha value is -1.88. The van der Waals surface area contributed by atoms with Crippen LogP contribution in [0.15, 0.2) is 40.9 Å². The lowest BCUT2D eigenvalue weighted by Crippen LogP contribution is -2.09. The molecule has 4 nitrogen and oxygen atoms in total. The fourth-order valence-electron chi connectivity index (χ4n) is 2.25. The molecule has 0 saturated heterocycles. The monoisotopic (exact) mass is 393 g/mol. The summed E-state index contributed by atoms with van der Waals surface area (Å²) in [5.41, 5.74) is 2.14. The van der Waals surface area contributed by atoms with Crippen LogP contribution in [0, 0.1) is 0 Å². The maximum absolute atomic E-state index is 5.87. The van der Waals surface area contributed by atoms with Crippen molar-refractivity contribution >= 4 is 21.6 Å². The minimum absolute atomic E-state index is 0.0868. The average molecular weight is 394 g/mol. The van der Waals surface area contributed by atoms with E-state index in [1.165, 1.54) is 0 Å². The molecular formula is C19H24BrNO3. The van der Waals surface area contributed by atoms with Crippen molar-refractivity contribution in [3.63, 3.8) is 0 Å².